The first-order valence-electron chi connectivity index (χ1n) is 8.38. The largest absolute Gasteiger partial charge is 0.419 e. The summed E-state index contributed by atoms with van der Waals surface area (Å²) in [4.78, 5) is 17.7. The molecule has 7 heteroatoms. The van der Waals surface area contributed by atoms with Gasteiger partial charge in [-0.25, -0.2) is 0 Å². The van der Waals surface area contributed by atoms with E-state index in [1.54, 1.807) is 19.3 Å². The van der Waals surface area contributed by atoms with Crippen LogP contribution in [-0.4, -0.2) is 45.1 Å². The molecule has 0 saturated carbocycles. The van der Waals surface area contributed by atoms with E-state index in [0.29, 0.717) is 24.2 Å². The zero-order valence-corrected chi connectivity index (χ0v) is 14.1. The molecule has 24 heavy (non-hydrogen) atoms. The van der Waals surface area contributed by atoms with Crippen LogP contribution in [0.2, 0.25) is 0 Å². The first-order chi connectivity index (χ1) is 11.7. The summed E-state index contributed by atoms with van der Waals surface area (Å²) in [7, 11) is 0. The van der Waals surface area contributed by atoms with Crippen molar-refractivity contribution in [3.8, 4) is 11.5 Å². The van der Waals surface area contributed by atoms with Gasteiger partial charge in [0.15, 0.2) is 0 Å². The second-order valence-electron chi connectivity index (χ2n) is 6.29. The number of nitrogens with zero attached hydrogens (tertiary/aromatic N) is 4. The molecule has 3 heterocycles. The molecule has 7 nitrogen and oxygen atoms in total. The molecule has 3 rings (SSSR count). The highest BCUT2D eigenvalue weighted by molar-refractivity contribution is 5.73. The highest BCUT2D eigenvalue weighted by Crippen LogP contribution is 2.24. The molecule has 128 valence electrons. The maximum Gasteiger partial charge on any atom is 0.249 e. The van der Waals surface area contributed by atoms with E-state index in [1.165, 1.54) is 0 Å². The molecule has 0 unspecified atom stereocenters. The number of hydrogen-bond acceptors (Lipinski definition) is 6. The van der Waals surface area contributed by atoms with E-state index in [4.69, 9.17) is 4.42 Å². The Kier molecular flexibility index (Phi) is 5.20. The molecule has 0 bridgehead atoms. The van der Waals surface area contributed by atoms with E-state index in [1.807, 2.05) is 12.1 Å². The number of likely N-dealkylation sites (tertiary alicyclic amines) is 1. The number of aromatic nitrogens is 3. The quantitative estimate of drug-likeness (QED) is 0.871. The lowest BCUT2D eigenvalue weighted by molar-refractivity contribution is -0.119. The van der Waals surface area contributed by atoms with E-state index in [2.05, 4.69) is 32.3 Å². The maximum atomic E-state index is 11.4. The van der Waals surface area contributed by atoms with Crippen LogP contribution in [0.3, 0.4) is 0 Å². The van der Waals surface area contributed by atoms with Crippen LogP contribution < -0.4 is 5.32 Å². The molecule has 1 fully saturated rings. The zero-order chi connectivity index (χ0) is 16.9. The lowest BCUT2D eigenvalue weighted by atomic mass is 9.98. The fourth-order valence-electron chi connectivity index (χ4n) is 3.29. The number of carbonyl (C=O) groups is 1. The van der Waals surface area contributed by atoms with Crippen LogP contribution in [0.15, 0.2) is 28.9 Å². The summed E-state index contributed by atoms with van der Waals surface area (Å²) in [6.45, 7) is 6.09. The van der Waals surface area contributed by atoms with Gasteiger partial charge in [-0.1, -0.05) is 13.3 Å². The lowest BCUT2D eigenvalue weighted by Crippen LogP contribution is -2.39. The first kappa shape index (κ1) is 16.6. The first-order valence-corrected chi connectivity index (χ1v) is 8.38. The monoisotopic (exact) mass is 329 g/mol. The Morgan fingerprint density at radius 2 is 2.29 bits per heavy atom. The predicted octanol–water partition coefficient (Wildman–Crippen LogP) is 1.87. The van der Waals surface area contributed by atoms with Gasteiger partial charge in [-0.3, -0.25) is 14.7 Å². The molecular weight excluding hydrogens is 306 g/mol. The molecule has 1 amide bonds. The van der Waals surface area contributed by atoms with E-state index in [9.17, 15) is 4.79 Å². The summed E-state index contributed by atoms with van der Waals surface area (Å²) in [6.07, 6.45) is 5.63. The third-order valence-electron chi connectivity index (χ3n) is 4.30. The summed E-state index contributed by atoms with van der Waals surface area (Å²) in [5.74, 6) is 1.58. The van der Waals surface area contributed by atoms with E-state index in [0.717, 1.165) is 31.5 Å². The number of amides is 1. The second-order valence-corrected chi connectivity index (χ2v) is 6.29. The SMILES string of the molecule is CCC[C@@H]1CN(Cc2nnc(-c3cccnc3)o2)C[C@H]1NC(C)=O. The summed E-state index contributed by atoms with van der Waals surface area (Å²) in [6, 6.07) is 3.93. The number of hydrogen-bond donors (Lipinski definition) is 1. The summed E-state index contributed by atoms with van der Waals surface area (Å²) < 4.78 is 5.75. The normalized spacial score (nSPS) is 21.1. The molecule has 1 aliphatic heterocycles. The van der Waals surface area contributed by atoms with Crippen molar-refractivity contribution in [3.05, 3.63) is 30.4 Å². The van der Waals surface area contributed by atoms with Gasteiger partial charge in [0.2, 0.25) is 17.7 Å². The third-order valence-corrected chi connectivity index (χ3v) is 4.30. The number of nitrogens with one attached hydrogen (secondary N) is 1. The highest BCUT2D eigenvalue weighted by atomic mass is 16.4. The minimum atomic E-state index is 0.0274. The van der Waals surface area contributed by atoms with Crippen LogP contribution in [0, 0.1) is 5.92 Å². The number of pyridine rings is 1. The second kappa shape index (κ2) is 7.53. The van der Waals surface area contributed by atoms with Gasteiger partial charge in [0.05, 0.1) is 12.1 Å². The molecule has 0 aliphatic carbocycles. The van der Waals surface area contributed by atoms with Gasteiger partial charge in [-0.05, 0) is 24.5 Å². The fraction of sp³-hybridized carbons (Fsp3) is 0.529. The van der Waals surface area contributed by atoms with Crippen molar-refractivity contribution in [2.75, 3.05) is 13.1 Å². The van der Waals surface area contributed by atoms with Gasteiger partial charge in [0.1, 0.15) is 0 Å². The van der Waals surface area contributed by atoms with Gasteiger partial charge >= 0.3 is 0 Å². The smallest absolute Gasteiger partial charge is 0.249 e. The van der Waals surface area contributed by atoms with E-state index < -0.39 is 0 Å². The molecule has 1 N–H and O–H groups in total. The molecule has 0 radical (unpaired) electrons. The lowest BCUT2D eigenvalue weighted by Gasteiger charge is -2.18. The Morgan fingerprint density at radius 1 is 1.42 bits per heavy atom. The molecule has 1 saturated heterocycles. The Morgan fingerprint density at radius 3 is 3.00 bits per heavy atom. The van der Waals surface area contributed by atoms with Crippen LogP contribution in [-0.2, 0) is 11.3 Å². The minimum absolute atomic E-state index is 0.0274. The van der Waals surface area contributed by atoms with Gasteiger partial charge in [0.25, 0.3) is 0 Å². The highest BCUT2D eigenvalue weighted by Gasteiger charge is 2.33. The molecule has 2 aromatic rings. The Hall–Kier alpha value is -2.28. The van der Waals surface area contributed by atoms with Crippen molar-refractivity contribution < 1.29 is 9.21 Å². The topological polar surface area (TPSA) is 84.2 Å². The van der Waals surface area contributed by atoms with Crippen LogP contribution in [0.5, 0.6) is 0 Å². The van der Waals surface area contributed by atoms with Crippen molar-refractivity contribution in [1.82, 2.24) is 25.4 Å². The molecular formula is C17H23N5O2. The van der Waals surface area contributed by atoms with Crippen molar-refractivity contribution in [1.29, 1.82) is 0 Å². The van der Waals surface area contributed by atoms with Gasteiger partial charge < -0.3 is 9.73 Å². The van der Waals surface area contributed by atoms with Crippen LogP contribution in [0.1, 0.15) is 32.6 Å². The zero-order valence-electron chi connectivity index (χ0n) is 14.1. The summed E-state index contributed by atoms with van der Waals surface area (Å²) in [5.41, 5.74) is 0.817. The predicted molar refractivity (Wildman–Crippen MR) is 88.8 cm³/mol. The summed E-state index contributed by atoms with van der Waals surface area (Å²) in [5, 5.41) is 11.3. The average molecular weight is 329 g/mol. The third kappa shape index (κ3) is 3.97. The Bertz CT molecular complexity index is 673. The Labute approximate surface area is 141 Å². The minimum Gasteiger partial charge on any atom is -0.419 e. The summed E-state index contributed by atoms with van der Waals surface area (Å²) >= 11 is 0. The molecule has 2 atom stereocenters. The molecule has 0 spiro atoms. The van der Waals surface area contributed by atoms with Crippen molar-refractivity contribution >= 4 is 5.91 Å². The molecule has 0 aromatic carbocycles. The average Bonchev–Trinajstić information content (AvgIpc) is 3.16. The van der Waals surface area contributed by atoms with Gasteiger partial charge in [0, 0.05) is 38.4 Å². The van der Waals surface area contributed by atoms with Crippen molar-refractivity contribution in [2.45, 2.75) is 39.3 Å². The standard InChI is InChI=1S/C17H23N5O2/c1-3-5-14-9-22(10-15(14)19-12(2)23)11-16-20-21-17(24-16)13-6-4-7-18-8-13/h4,6-8,14-15H,3,5,9-11H2,1-2H3,(H,19,23)/t14-,15-/m1/s1. The van der Waals surface area contributed by atoms with Crippen molar-refractivity contribution in [2.24, 2.45) is 5.92 Å². The van der Waals surface area contributed by atoms with E-state index >= 15 is 0 Å². The van der Waals surface area contributed by atoms with Crippen LogP contribution in [0.25, 0.3) is 11.5 Å². The van der Waals surface area contributed by atoms with Gasteiger partial charge in [-0.2, -0.15) is 0 Å². The Balaban J connectivity index is 1.64. The molecule has 2 aromatic heterocycles. The van der Waals surface area contributed by atoms with E-state index in [-0.39, 0.29) is 11.9 Å². The van der Waals surface area contributed by atoms with Gasteiger partial charge in [-0.15, -0.1) is 10.2 Å². The van der Waals surface area contributed by atoms with Crippen LogP contribution in [0.4, 0.5) is 0 Å². The van der Waals surface area contributed by atoms with Crippen LogP contribution >= 0.6 is 0 Å². The number of carbonyl (C=O) groups excluding carboxylic acids is 1. The fourth-order valence-corrected chi connectivity index (χ4v) is 3.29. The maximum absolute atomic E-state index is 11.4. The van der Waals surface area contributed by atoms with Crippen molar-refractivity contribution in [3.63, 3.8) is 0 Å². The molecule has 1 aliphatic rings. The number of rotatable bonds is 6.